The first-order valence-corrected chi connectivity index (χ1v) is 16.5. The average Bonchev–Trinajstić information content (AvgIpc) is 3.05. The summed E-state index contributed by atoms with van der Waals surface area (Å²) in [6.07, 6.45) is 9.88. The largest absolute Gasteiger partial charge is 0.492 e. The molecule has 8 nitrogen and oxygen atoms in total. The predicted octanol–water partition coefficient (Wildman–Crippen LogP) is 5.21. The summed E-state index contributed by atoms with van der Waals surface area (Å²) in [5.74, 6) is 3.83. The Kier molecular flexibility index (Phi) is 10.1. The van der Waals surface area contributed by atoms with Crippen molar-refractivity contribution >= 4 is 17.7 Å². The van der Waals surface area contributed by atoms with E-state index in [-0.39, 0.29) is 24.1 Å². The molecule has 0 atom stereocenters. The van der Waals surface area contributed by atoms with Crippen LogP contribution in [0.1, 0.15) is 62.6 Å². The Bertz CT molecular complexity index is 1410. The van der Waals surface area contributed by atoms with E-state index in [2.05, 4.69) is 20.9 Å². The monoisotopic (exact) mass is 608 g/mol. The molecule has 8 heteroatoms. The SMILES string of the molecule is O=C(CCCC(=O)NC1C2CC3CC(C2)CC1C3)NCCOc1ccc(-c2ccc(CC(=O)NCc3ccccc3)nc2)cc1. The third-order valence-electron chi connectivity index (χ3n) is 9.74. The first kappa shape index (κ1) is 30.8. The lowest BCUT2D eigenvalue weighted by Crippen LogP contribution is -2.55. The quantitative estimate of drug-likeness (QED) is 0.218. The fourth-order valence-electron chi connectivity index (χ4n) is 7.74. The van der Waals surface area contributed by atoms with Crippen LogP contribution in [0.2, 0.25) is 0 Å². The van der Waals surface area contributed by atoms with Crippen molar-refractivity contribution in [2.45, 2.75) is 70.4 Å². The van der Waals surface area contributed by atoms with E-state index < -0.39 is 0 Å². The van der Waals surface area contributed by atoms with Gasteiger partial charge in [0.2, 0.25) is 17.7 Å². The van der Waals surface area contributed by atoms with Crippen LogP contribution in [-0.4, -0.2) is 41.9 Å². The van der Waals surface area contributed by atoms with Gasteiger partial charge >= 0.3 is 0 Å². The standard InChI is InChI=1S/C37H44N4O4/c42-34(7-4-8-35(43)41-37-30-18-26-17-27(20-30)21-31(37)19-26)38-15-16-45-33-13-10-28(11-14-33)29-9-12-32(39-24-29)22-36(44)40-23-25-5-2-1-3-6-25/h1-3,5-6,9-14,24,26-27,30-31,37H,4,7-8,15-23H2,(H,38,42)(H,40,44)(H,41,43). The van der Waals surface area contributed by atoms with Crippen LogP contribution in [0.5, 0.6) is 5.75 Å². The Morgan fingerprint density at radius 1 is 0.733 bits per heavy atom. The zero-order chi connectivity index (χ0) is 31.0. The van der Waals surface area contributed by atoms with Crippen molar-refractivity contribution < 1.29 is 19.1 Å². The second-order valence-electron chi connectivity index (χ2n) is 13.1. The molecule has 7 rings (SSSR count). The van der Waals surface area contributed by atoms with Gasteiger partial charge in [-0.15, -0.1) is 0 Å². The van der Waals surface area contributed by atoms with Crippen LogP contribution >= 0.6 is 0 Å². The van der Waals surface area contributed by atoms with E-state index in [4.69, 9.17) is 4.74 Å². The molecule has 1 aromatic heterocycles. The molecule has 3 N–H and O–H groups in total. The number of carbonyl (C=O) groups excluding carboxylic acids is 3. The van der Waals surface area contributed by atoms with Gasteiger partial charge in [0.1, 0.15) is 12.4 Å². The minimum absolute atomic E-state index is 0.0546. The number of carbonyl (C=O) groups is 3. The third kappa shape index (κ3) is 8.50. The summed E-state index contributed by atoms with van der Waals surface area (Å²) in [6, 6.07) is 21.7. The lowest BCUT2D eigenvalue weighted by atomic mass is 9.54. The van der Waals surface area contributed by atoms with E-state index in [0.29, 0.717) is 68.3 Å². The highest BCUT2D eigenvalue weighted by molar-refractivity contribution is 5.79. The van der Waals surface area contributed by atoms with Gasteiger partial charge in [-0.25, -0.2) is 0 Å². The molecule has 2 aromatic carbocycles. The Labute approximate surface area is 265 Å². The fraction of sp³-hybridized carbons (Fsp3) is 0.459. The topological polar surface area (TPSA) is 109 Å². The van der Waals surface area contributed by atoms with E-state index >= 15 is 0 Å². The summed E-state index contributed by atoms with van der Waals surface area (Å²) in [5.41, 5.74) is 3.72. The summed E-state index contributed by atoms with van der Waals surface area (Å²) in [5, 5.41) is 9.15. The number of pyridine rings is 1. The number of amides is 3. The van der Waals surface area contributed by atoms with E-state index in [1.54, 1.807) is 6.20 Å². The van der Waals surface area contributed by atoms with Gasteiger partial charge in [-0.2, -0.15) is 0 Å². The number of nitrogens with zero attached hydrogens (tertiary/aromatic N) is 1. The molecule has 45 heavy (non-hydrogen) atoms. The summed E-state index contributed by atoms with van der Waals surface area (Å²) in [4.78, 5) is 41.6. The molecule has 3 aromatic rings. The van der Waals surface area contributed by atoms with E-state index in [0.717, 1.165) is 28.5 Å². The number of ether oxygens (including phenoxy) is 1. The number of rotatable bonds is 14. The minimum atomic E-state index is -0.0632. The van der Waals surface area contributed by atoms with Crippen LogP contribution in [-0.2, 0) is 27.3 Å². The highest BCUT2D eigenvalue weighted by atomic mass is 16.5. The molecule has 4 aliphatic rings. The van der Waals surface area contributed by atoms with E-state index in [9.17, 15) is 14.4 Å². The van der Waals surface area contributed by atoms with Gasteiger partial charge in [0.15, 0.2) is 0 Å². The average molecular weight is 609 g/mol. The molecule has 4 aliphatic carbocycles. The zero-order valence-electron chi connectivity index (χ0n) is 25.9. The third-order valence-corrected chi connectivity index (χ3v) is 9.74. The van der Waals surface area contributed by atoms with Crippen LogP contribution in [0.3, 0.4) is 0 Å². The van der Waals surface area contributed by atoms with E-state index in [1.807, 2.05) is 66.7 Å². The zero-order valence-corrected chi connectivity index (χ0v) is 25.9. The molecular formula is C37H44N4O4. The maximum absolute atomic E-state index is 12.6. The predicted molar refractivity (Wildman–Crippen MR) is 173 cm³/mol. The second kappa shape index (κ2) is 14.7. The van der Waals surface area contributed by atoms with Gasteiger partial charge in [0, 0.05) is 42.9 Å². The Balaban J connectivity index is 0.839. The molecule has 4 bridgehead atoms. The van der Waals surface area contributed by atoms with Gasteiger partial charge in [0.25, 0.3) is 0 Å². The molecule has 0 unspecified atom stereocenters. The highest BCUT2D eigenvalue weighted by Crippen LogP contribution is 2.53. The van der Waals surface area contributed by atoms with Gasteiger partial charge in [-0.3, -0.25) is 19.4 Å². The fourth-order valence-corrected chi connectivity index (χ4v) is 7.74. The molecular weight excluding hydrogens is 564 g/mol. The Morgan fingerprint density at radius 3 is 2.11 bits per heavy atom. The van der Waals surface area contributed by atoms with Crippen LogP contribution in [0.15, 0.2) is 72.9 Å². The van der Waals surface area contributed by atoms with Crippen LogP contribution in [0.4, 0.5) is 0 Å². The molecule has 0 saturated heterocycles. The van der Waals surface area contributed by atoms with Crippen LogP contribution in [0.25, 0.3) is 11.1 Å². The number of aromatic nitrogens is 1. The summed E-state index contributed by atoms with van der Waals surface area (Å²) < 4.78 is 5.80. The lowest BCUT2D eigenvalue weighted by molar-refractivity contribution is -0.125. The molecule has 236 valence electrons. The normalized spacial score (nSPS) is 22.9. The van der Waals surface area contributed by atoms with Gasteiger partial charge in [0.05, 0.1) is 13.0 Å². The summed E-state index contributed by atoms with van der Waals surface area (Å²) in [6.45, 7) is 1.27. The van der Waals surface area contributed by atoms with Crippen molar-refractivity contribution in [3.05, 3.63) is 84.2 Å². The lowest BCUT2D eigenvalue weighted by Gasteiger charge is -2.54. The van der Waals surface area contributed by atoms with Crippen LogP contribution < -0.4 is 20.7 Å². The Morgan fingerprint density at radius 2 is 1.42 bits per heavy atom. The number of hydrogen-bond acceptors (Lipinski definition) is 5. The number of hydrogen-bond donors (Lipinski definition) is 3. The van der Waals surface area contributed by atoms with Crippen molar-refractivity contribution in [2.24, 2.45) is 23.7 Å². The van der Waals surface area contributed by atoms with Crippen molar-refractivity contribution in [2.75, 3.05) is 13.2 Å². The first-order chi connectivity index (χ1) is 22.0. The molecule has 4 fully saturated rings. The van der Waals surface area contributed by atoms with Gasteiger partial charge in [-0.1, -0.05) is 48.5 Å². The molecule has 3 amide bonds. The molecule has 4 saturated carbocycles. The van der Waals surface area contributed by atoms with Crippen molar-refractivity contribution in [1.29, 1.82) is 0 Å². The first-order valence-electron chi connectivity index (χ1n) is 16.5. The molecule has 1 heterocycles. The van der Waals surface area contributed by atoms with Gasteiger partial charge < -0.3 is 20.7 Å². The van der Waals surface area contributed by atoms with Crippen molar-refractivity contribution in [1.82, 2.24) is 20.9 Å². The van der Waals surface area contributed by atoms with Gasteiger partial charge in [-0.05, 0) is 91.5 Å². The van der Waals surface area contributed by atoms with Crippen molar-refractivity contribution in [3.8, 4) is 16.9 Å². The summed E-state index contributed by atoms with van der Waals surface area (Å²) in [7, 11) is 0. The maximum Gasteiger partial charge on any atom is 0.226 e. The number of benzene rings is 2. The molecule has 0 radical (unpaired) electrons. The van der Waals surface area contributed by atoms with Crippen LogP contribution in [0, 0.1) is 23.7 Å². The second-order valence-corrected chi connectivity index (χ2v) is 13.1. The number of nitrogens with one attached hydrogen (secondary N) is 3. The minimum Gasteiger partial charge on any atom is -0.492 e. The molecule has 0 aliphatic heterocycles. The van der Waals surface area contributed by atoms with E-state index in [1.165, 1.54) is 32.1 Å². The smallest absolute Gasteiger partial charge is 0.226 e. The van der Waals surface area contributed by atoms with Crippen molar-refractivity contribution in [3.63, 3.8) is 0 Å². The molecule has 0 spiro atoms. The Hall–Kier alpha value is -4.20. The highest BCUT2D eigenvalue weighted by Gasteiger charge is 2.48. The summed E-state index contributed by atoms with van der Waals surface area (Å²) >= 11 is 0. The maximum atomic E-state index is 12.6.